The summed E-state index contributed by atoms with van der Waals surface area (Å²) < 4.78 is 5.49. The van der Waals surface area contributed by atoms with Crippen LogP contribution in [0.3, 0.4) is 0 Å². The third-order valence-electron chi connectivity index (χ3n) is 3.45. The second-order valence-electron chi connectivity index (χ2n) is 5.06. The highest BCUT2D eigenvalue weighted by Gasteiger charge is 2.21. The van der Waals surface area contributed by atoms with Crippen LogP contribution < -0.4 is 0 Å². The quantitative estimate of drug-likeness (QED) is 0.323. The summed E-state index contributed by atoms with van der Waals surface area (Å²) in [6, 6.07) is 2.71. The molecule has 0 saturated carbocycles. The van der Waals surface area contributed by atoms with Crippen molar-refractivity contribution in [1.82, 2.24) is 0 Å². The Bertz CT molecular complexity index is 876. The molecule has 0 aliphatic rings. The minimum atomic E-state index is -0.680. The van der Waals surface area contributed by atoms with Crippen LogP contribution in [-0.4, -0.2) is 28.8 Å². The van der Waals surface area contributed by atoms with Gasteiger partial charge in [-0.1, -0.05) is 15.9 Å². The van der Waals surface area contributed by atoms with Crippen LogP contribution in [0.25, 0.3) is 0 Å². The molecule has 2 rings (SSSR count). The lowest BCUT2D eigenvalue weighted by Gasteiger charge is -2.03. The first-order valence-corrected chi connectivity index (χ1v) is 8.85. The number of aromatic hydroxyl groups is 1. The van der Waals surface area contributed by atoms with Crippen molar-refractivity contribution in [2.45, 2.75) is 20.8 Å². The summed E-state index contributed by atoms with van der Waals surface area (Å²) in [4.78, 5) is 27.6. The number of nitro benzene ring substituents is 1. The van der Waals surface area contributed by atoms with E-state index in [1.54, 1.807) is 13.8 Å². The fourth-order valence-corrected chi connectivity index (χ4v) is 3.57. The molecule has 0 amide bonds. The Hall–Kier alpha value is -2.26. The zero-order valence-corrected chi connectivity index (χ0v) is 16.1. The van der Waals surface area contributed by atoms with Crippen LogP contribution in [0.1, 0.15) is 33.3 Å². The fourth-order valence-electron chi connectivity index (χ4n) is 2.11. The number of carbonyl (C=O) groups is 1. The van der Waals surface area contributed by atoms with Crippen molar-refractivity contribution in [2.24, 2.45) is 4.99 Å². The number of rotatable bonds is 5. The molecule has 0 aliphatic carbocycles. The molecule has 0 fully saturated rings. The molecule has 1 heterocycles. The average Bonchev–Trinajstić information content (AvgIpc) is 2.82. The average molecular weight is 427 g/mol. The van der Waals surface area contributed by atoms with E-state index in [0.717, 1.165) is 10.4 Å². The van der Waals surface area contributed by atoms with Crippen molar-refractivity contribution >= 4 is 50.1 Å². The molecule has 25 heavy (non-hydrogen) atoms. The summed E-state index contributed by atoms with van der Waals surface area (Å²) in [5.41, 5.74) is 0.879. The molecule has 0 radical (unpaired) electrons. The van der Waals surface area contributed by atoms with Gasteiger partial charge < -0.3 is 9.84 Å². The minimum absolute atomic E-state index is 0.166. The molecular formula is C16H15BrN2O5S. The Morgan fingerprint density at radius 1 is 1.48 bits per heavy atom. The van der Waals surface area contributed by atoms with Crippen LogP contribution >= 0.6 is 27.3 Å². The van der Waals surface area contributed by atoms with E-state index in [0.29, 0.717) is 15.0 Å². The van der Waals surface area contributed by atoms with Crippen LogP contribution in [0, 0.1) is 24.0 Å². The molecule has 9 heteroatoms. The van der Waals surface area contributed by atoms with Crippen LogP contribution in [0.5, 0.6) is 5.75 Å². The number of hydrogen-bond acceptors (Lipinski definition) is 7. The molecule has 7 nitrogen and oxygen atoms in total. The number of halogens is 1. The molecule has 0 unspecified atom stereocenters. The number of phenolic OH excluding ortho intramolecular Hbond substituents is 1. The molecule has 0 saturated heterocycles. The Balaban J connectivity index is 2.49. The van der Waals surface area contributed by atoms with Crippen LogP contribution in [0.15, 0.2) is 21.6 Å². The van der Waals surface area contributed by atoms with Crippen molar-refractivity contribution in [3.05, 3.63) is 48.3 Å². The lowest BCUT2D eigenvalue weighted by molar-refractivity contribution is -0.385. The molecule has 1 aromatic carbocycles. The highest BCUT2D eigenvalue weighted by atomic mass is 79.9. The summed E-state index contributed by atoms with van der Waals surface area (Å²) in [5, 5.41) is 21.5. The number of esters is 1. The van der Waals surface area contributed by atoms with Gasteiger partial charge in [-0.25, -0.2) is 9.79 Å². The Labute approximate surface area is 156 Å². The predicted molar refractivity (Wildman–Crippen MR) is 99.5 cm³/mol. The number of benzene rings is 1. The van der Waals surface area contributed by atoms with Crippen molar-refractivity contribution < 1.29 is 19.6 Å². The van der Waals surface area contributed by atoms with E-state index in [-0.39, 0.29) is 12.2 Å². The van der Waals surface area contributed by atoms with E-state index in [4.69, 9.17) is 4.74 Å². The Morgan fingerprint density at radius 3 is 2.76 bits per heavy atom. The van der Waals surface area contributed by atoms with Gasteiger partial charge in [-0.3, -0.25) is 10.1 Å². The zero-order valence-electron chi connectivity index (χ0n) is 13.7. The zero-order chi connectivity index (χ0) is 18.7. The molecule has 1 N–H and O–H groups in total. The highest BCUT2D eigenvalue weighted by Crippen LogP contribution is 2.37. The van der Waals surface area contributed by atoms with E-state index in [1.165, 1.54) is 29.7 Å². The largest absolute Gasteiger partial charge is 0.502 e. The fraction of sp³-hybridized carbons (Fsp3) is 0.250. The summed E-state index contributed by atoms with van der Waals surface area (Å²) in [5.74, 6) is -0.958. The van der Waals surface area contributed by atoms with Crippen molar-refractivity contribution in [3.63, 3.8) is 0 Å². The van der Waals surface area contributed by atoms with Gasteiger partial charge in [-0.05, 0) is 32.4 Å². The number of ether oxygens (including phenoxy) is 1. The third kappa shape index (κ3) is 4.05. The first kappa shape index (κ1) is 19.1. The minimum Gasteiger partial charge on any atom is -0.502 e. The van der Waals surface area contributed by atoms with Gasteiger partial charge in [0.2, 0.25) is 5.75 Å². The molecule has 2 aromatic rings. The number of hydrogen-bond donors (Lipinski definition) is 1. The molecule has 0 spiro atoms. The number of aryl methyl sites for hydroxylation is 1. The molecular weight excluding hydrogens is 412 g/mol. The first-order valence-electron chi connectivity index (χ1n) is 7.24. The Morgan fingerprint density at radius 2 is 2.16 bits per heavy atom. The second-order valence-corrected chi connectivity index (χ2v) is 7.18. The summed E-state index contributed by atoms with van der Waals surface area (Å²) in [6.07, 6.45) is 1.29. The van der Waals surface area contributed by atoms with Crippen LogP contribution in [0.4, 0.5) is 10.7 Å². The molecule has 0 atom stereocenters. The van der Waals surface area contributed by atoms with E-state index in [9.17, 15) is 20.0 Å². The van der Waals surface area contributed by atoms with E-state index in [2.05, 4.69) is 20.9 Å². The topological polar surface area (TPSA) is 102 Å². The van der Waals surface area contributed by atoms with Gasteiger partial charge >= 0.3 is 11.7 Å². The number of nitrogens with zero attached hydrogens (tertiary/aromatic N) is 2. The van der Waals surface area contributed by atoms with Gasteiger partial charge in [0.25, 0.3) is 0 Å². The molecule has 1 aromatic heterocycles. The molecule has 0 bridgehead atoms. The predicted octanol–water partition coefficient (Wildman–Crippen LogP) is 4.67. The SMILES string of the molecule is CCOC(=O)c1c(/N=C/c2cc(Br)cc([N+](=O)[O-])c2O)sc(C)c1C. The van der Waals surface area contributed by atoms with E-state index >= 15 is 0 Å². The van der Waals surface area contributed by atoms with Gasteiger partial charge in [0.05, 0.1) is 17.1 Å². The normalized spacial score (nSPS) is 11.0. The lowest BCUT2D eigenvalue weighted by Crippen LogP contribution is -2.05. The number of thiophene rings is 1. The lowest BCUT2D eigenvalue weighted by atomic mass is 10.1. The molecule has 132 valence electrons. The third-order valence-corrected chi connectivity index (χ3v) is 5.02. The summed E-state index contributed by atoms with van der Waals surface area (Å²) >= 11 is 4.48. The maximum Gasteiger partial charge on any atom is 0.341 e. The second kappa shape index (κ2) is 7.75. The highest BCUT2D eigenvalue weighted by molar-refractivity contribution is 9.10. The monoisotopic (exact) mass is 426 g/mol. The van der Waals surface area contributed by atoms with Crippen molar-refractivity contribution in [2.75, 3.05) is 6.61 Å². The first-order chi connectivity index (χ1) is 11.8. The summed E-state index contributed by atoms with van der Waals surface area (Å²) in [7, 11) is 0. The van der Waals surface area contributed by atoms with E-state index < -0.39 is 22.3 Å². The van der Waals surface area contributed by atoms with Crippen molar-refractivity contribution in [1.29, 1.82) is 0 Å². The van der Waals surface area contributed by atoms with Crippen LogP contribution in [-0.2, 0) is 4.74 Å². The van der Waals surface area contributed by atoms with Gasteiger partial charge in [0.15, 0.2) is 0 Å². The maximum absolute atomic E-state index is 12.1. The standard InChI is InChI=1S/C16H15BrN2O5S/c1-4-24-16(21)13-8(2)9(3)25-15(13)18-7-10-5-11(17)6-12(14(10)20)19(22)23/h5-7,20H,4H2,1-3H3/b18-7+. The Kier molecular flexibility index (Phi) is 5.91. The van der Waals surface area contributed by atoms with Crippen LogP contribution in [0.2, 0.25) is 0 Å². The van der Waals surface area contributed by atoms with Gasteiger partial charge in [-0.2, -0.15) is 0 Å². The number of phenols is 1. The van der Waals surface area contributed by atoms with E-state index in [1.807, 2.05) is 6.92 Å². The van der Waals surface area contributed by atoms with Gasteiger partial charge in [0, 0.05) is 27.2 Å². The van der Waals surface area contributed by atoms with Gasteiger partial charge in [-0.15, -0.1) is 11.3 Å². The summed E-state index contributed by atoms with van der Waals surface area (Å²) in [6.45, 7) is 5.63. The smallest absolute Gasteiger partial charge is 0.341 e. The number of aliphatic imine (C=N–C) groups is 1. The van der Waals surface area contributed by atoms with Gasteiger partial charge in [0.1, 0.15) is 5.00 Å². The number of carbonyl (C=O) groups excluding carboxylic acids is 1. The maximum atomic E-state index is 12.1. The number of nitro groups is 1. The molecule has 0 aliphatic heterocycles. The van der Waals surface area contributed by atoms with Crippen molar-refractivity contribution in [3.8, 4) is 5.75 Å².